The first-order chi connectivity index (χ1) is 10.2. The van der Waals surface area contributed by atoms with E-state index in [1.54, 1.807) is 0 Å². The highest BCUT2D eigenvalue weighted by Gasteiger charge is 2.24. The van der Waals surface area contributed by atoms with Crippen LogP contribution in [0.5, 0.6) is 0 Å². The Balaban J connectivity index is 2.84. The van der Waals surface area contributed by atoms with Crippen LogP contribution in [-0.2, 0) is 24.4 Å². The van der Waals surface area contributed by atoms with Gasteiger partial charge in [-0.1, -0.05) is 0 Å². The summed E-state index contributed by atoms with van der Waals surface area (Å²) in [6, 6.07) is 4.90. The third-order valence-electron chi connectivity index (χ3n) is 2.61. The number of imide groups is 1. The molecular weight excluding hydrogens is 312 g/mol. The number of nitrogens with zero attached hydrogens (tertiary/aromatic N) is 1. The fourth-order valence-electron chi connectivity index (χ4n) is 1.57. The third-order valence-corrected chi connectivity index (χ3v) is 3.54. The van der Waals surface area contributed by atoms with Gasteiger partial charge in [0.2, 0.25) is 15.9 Å². The lowest BCUT2D eigenvalue weighted by Crippen LogP contribution is -2.44. The smallest absolute Gasteiger partial charge is 0.318 e. The van der Waals surface area contributed by atoms with E-state index in [4.69, 9.17) is 10.9 Å². The molecule has 9 nitrogen and oxygen atoms in total. The second-order valence-corrected chi connectivity index (χ2v) is 5.85. The van der Waals surface area contributed by atoms with Gasteiger partial charge in [-0.15, -0.1) is 0 Å². The first-order valence-electron chi connectivity index (χ1n) is 6.13. The molecule has 0 aliphatic heterocycles. The Labute approximate surface area is 127 Å². The Hall–Kier alpha value is -2.30. The zero-order chi connectivity index (χ0) is 16.9. The lowest BCUT2D eigenvalue weighted by Gasteiger charge is -2.17. The van der Waals surface area contributed by atoms with E-state index in [1.807, 2.05) is 0 Å². The predicted molar refractivity (Wildman–Crippen MR) is 77.9 cm³/mol. The molecule has 0 fully saturated rings. The second kappa shape index (κ2) is 7.11. The quantitative estimate of drug-likeness (QED) is 0.578. The van der Waals surface area contributed by atoms with Gasteiger partial charge >= 0.3 is 11.8 Å². The minimum Gasteiger partial charge on any atom is -0.329 e. The van der Waals surface area contributed by atoms with E-state index in [0.29, 0.717) is 4.90 Å². The summed E-state index contributed by atoms with van der Waals surface area (Å²) in [5, 5.41) is 7.19. The van der Waals surface area contributed by atoms with Gasteiger partial charge in [0, 0.05) is 25.7 Å². The first-order valence-corrected chi connectivity index (χ1v) is 7.67. The van der Waals surface area contributed by atoms with Crippen LogP contribution in [0.3, 0.4) is 0 Å². The molecule has 22 heavy (non-hydrogen) atoms. The number of hydrogen-bond acceptors (Lipinski definition) is 6. The van der Waals surface area contributed by atoms with Crippen LogP contribution in [0.15, 0.2) is 29.2 Å². The van der Waals surface area contributed by atoms with Crippen LogP contribution >= 0.6 is 0 Å². The maximum atomic E-state index is 11.8. The molecule has 0 aliphatic rings. The van der Waals surface area contributed by atoms with Gasteiger partial charge in [0.25, 0.3) is 0 Å². The number of hydrogen-bond donors (Lipinski definition) is 3. The maximum absolute atomic E-state index is 11.8. The molecule has 0 saturated heterocycles. The molecule has 3 amide bonds. The molecule has 0 aliphatic carbocycles. The van der Waals surface area contributed by atoms with Crippen molar-refractivity contribution in [2.24, 2.45) is 10.9 Å². The molecule has 0 heterocycles. The SMILES string of the molecule is CC(=O)N(CCN)C(=O)C(=O)Nc1ccc(S(N)(=O)=O)cc1. The Morgan fingerprint density at radius 3 is 2.14 bits per heavy atom. The predicted octanol–water partition coefficient (Wildman–Crippen LogP) is -1.39. The number of nitrogens with one attached hydrogen (secondary N) is 1. The molecule has 0 radical (unpaired) electrons. The molecule has 0 unspecified atom stereocenters. The molecular formula is C12H16N4O5S. The number of carbonyl (C=O) groups is 3. The summed E-state index contributed by atoms with van der Waals surface area (Å²) in [4.78, 5) is 35.5. The number of nitrogens with two attached hydrogens (primary N) is 2. The van der Waals surface area contributed by atoms with Crippen molar-refractivity contribution in [1.82, 2.24) is 4.90 Å². The molecule has 0 bridgehead atoms. The minimum atomic E-state index is -3.84. The van der Waals surface area contributed by atoms with E-state index in [-0.39, 0.29) is 23.7 Å². The van der Waals surface area contributed by atoms with Crippen molar-refractivity contribution in [3.8, 4) is 0 Å². The zero-order valence-corrected chi connectivity index (χ0v) is 12.6. The van der Waals surface area contributed by atoms with E-state index in [0.717, 1.165) is 6.92 Å². The molecule has 5 N–H and O–H groups in total. The summed E-state index contributed by atoms with van der Waals surface area (Å²) in [7, 11) is -3.84. The van der Waals surface area contributed by atoms with E-state index in [1.165, 1.54) is 24.3 Å². The van der Waals surface area contributed by atoms with Gasteiger partial charge in [0.1, 0.15) is 0 Å². The molecule has 0 aromatic heterocycles. The van der Waals surface area contributed by atoms with Gasteiger partial charge in [0.05, 0.1) is 4.90 Å². The number of carbonyl (C=O) groups excluding carboxylic acids is 3. The Kier molecular flexibility index (Phi) is 5.74. The average Bonchev–Trinajstić information content (AvgIpc) is 2.43. The number of rotatable bonds is 4. The number of primary sulfonamides is 1. The van der Waals surface area contributed by atoms with Crippen molar-refractivity contribution in [3.05, 3.63) is 24.3 Å². The van der Waals surface area contributed by atoms with Crippen LogP contribution < -0.4 is 16.2 Å². The van der Waals surface area contributed by atoms with Gasteiger partial charge < -0.3 is 11.1 Å². The summed E-state index contributed by atoms with van der Waals surface area (Å²) in [5.41, 5.74) is 5.45. The highest BCUT2D eigenvalue weighted by Crippen LogP contribution is 2.12. The average molecular weight is 328 g/mol. The highest BCUT2D eigenvalue weighted by atomic mass is 32.2. The van der Waals surface area contributed by atoms with Crippen LogP contribution in [0.1, 0.15) is 6.92 Å². The van der Waals surface area contributed by atoms with Crippen LogP contribution in [0.4, 0.5) is 5.69 Å². The summed E-state index contributed by atoms with van der Waals surface area (Å²) in [5.74, 6) is -2.68. The van der Waals surface area contributed by atoms with Crippen LogP contribution in [0.25, 0.3) is 0 Å². The van der Waals surface area contributed by atoms with E-state index in [9.17, 15) is 22.8 Å². The Morgan fingerprint density at radius 1 is 1.18 bits per heavy atom. The summed E-state index contributed by atoms with van der Waals surface area (Å²) < 4.78 is 22.2. The van der Waals surface area contributed by atoms with Crippen LogP contribution in [-0.4, -0.2) is 44.1 Å². The van der Waals surface area contributed by atoms with Gasteiger partial charge in [0.15, 0.2) is 0 Å². The molecule has 0 atom stereocenters. The minimum absolute atomic E-state index is 0.0294. The fourth-order valence-corrected chi connectivity index (χ4v) is 2.08. The van der Waals surface area contributed by atoms with E-state index in [2.05, 4.69) is 5.32 Å². The van der Waals surface area contributed by atoms with E-state index < -0.39 is 27.7 Å². The zero-order valence-electron chi connectivity index (χ0n) is 11.8. The normalized spacial score (nSPS) is 10.9. The molecule has 10 heteroatoms. The van der Waals surface area contributed by atoms with Crippen molar-refractivity contribution >= 4 is 33.4 Å². The van der Waals surface area contributed by atoms with Gasteiger partial charge in [-0.25, -0.2) is 13.6 Å². The lowest BCUT2D eigenvalue weighted by molar-refractivity contribution is -0.149. The fraction of sp³-hybridized carbons (Fsp3) is 0.250. The number of amides is 3. The molecule has 1 aromatic carbocycles. The van der Waals surface area contributed by atoms with Crippen molar-refractivity contribution in [2.75, 3.05) is 18.4 Å². The summed E-state index contributed by atoms with van der Waals surface area (Å²) in [6.45, 7) is 1.09. The van der Waals surface area contributed by atoms with Crippen LogP contribution in [0.2, 0.25) is 0 Å². The van der Waals surface area contributed by atoms with Crippen LogP contribution in [0, 0.1) is 0 Å². The first kappa shape index (κ1) is 17.8. The molecule has 0 spiro atoms. The number of anilines is 1. The maximum Gasteiger partial charge on any atom is 0.318 e. The van der Waals surface area contributed by atoms with Gasteiger partial charge in [-0.2, -0.15) is 0 Å². The number of benzene rings is 1. The Morgan fingerprint density at radius 2 is 1.73 bits per heavy atom. The van der Waals surface area contributed by atoms with Gasteiger partial charge in [-0.05, 0) is 24.3 Å². The standard InChI is InChI=1S/C12H16N4O5S/c1-8(17)16(7-6-13)12(19)11(18)15-9-2-4-10(5-3-9)22(14,20)21/h2-5H,6-7,13H2,1H3,(H,15,18)(H2,14,20,21). The largest absolute Gasteiger partial charge is 0.329 e. The lowest BCUT2D eigenvalue weighted by atomic mass is 10.3. The van der Waals surface area contributed by atoms with Gasteiger partial charge in [-0.3, -0.25) is 19.3 Å². The highest BCUT2D eigenvalue weighted by molar-refractivity contribution is 7.89. The molecule has 1 aromatic rings. The third kappa shape index (κ3) is 4.62. The van der Waals surface area contributed by atoms with Crippen molar-refractivity contribution in [1.29, 1.82) is 0 Å². The second-order valence-electron chi connectivity index (χ2n) is 4.29. The Bertz CT molecular complexity index is 684. The summed E-state index contributed by atoms with van der Waals surface area (Å²) in [6.07, 6.45) is 0. The molecule has 0 saturated carbocycles. The molecule has 1 rings (SSSR count). The summed E-state index contributed by atoms with van der Waals surface area (Å²) >= 11 is 0. The monoisotopic (exact) mass is 328 g/mol. The van der Waals surface area contributed by atoms with Crippen molar-refractivity contribution in [2.45, 2.75) is 11.8 Å². The van der Waals surface area contributed by atoms with Crippen molar-refractivity contribution < 1.29 is 22.8 Å². The van der Waals surface area contributed by atoms with Crippen molar-refractivity contribution in [3.63, 3.8) is 0 Å². The molecule has 120 valence electrons. The van der Waals surface area contributed by atoms with E-state index >= 15 is 0 Å². The number of sulfonamides is 1. The topological polar surface area (TPSA) is 153 Å².